The maximum absolute atomic E-state index is 2.29. The summed E-state index contributed by atoms with van der Waals surface area (Å²) < 4.78 is 0. The molecule has 3 aromatic carbocycles. The Hall–Kier alpha value is -2.34. The van der Waals surface area contributed by atoms with E-state index in [2.05, 4.69) is 114 Å². The Balaban J connectivity index is 1.91. The van der Waals surface area contributed by atoms with Crippen LogP contribution < -0.4 is 0 Å². The van der Waals surface area contributed by atoms with Crippen LogP contribution in [0.1, 0.15) is 52.7 Å². The van der Waals surface area contributed by atoms with Gasteiger partial charge in [-0.15, -0.1) is 0 Å². The molecule has 0 aliphatic rings. The Morgan fingerprint density at radius 2 is 0.769 bits per heavy atom. The lowest BCUT2D eigenvalue weighted by molar-refractivity contribution is 0.590. The number of benzene rings is 3. The van der Waals surface area contributed by atoms with Crippen molar-refractivity contribution in [3.63, 3.8) is 0 Å². The van der Waals surface area contributed by atoms with E-state index in [1.54, 1.807) is 0 Å². The molecule has 0 aliphatic heterocycles. The van der Waals surface area contributed by atoms with Gasteiger partial charge in [-0.05, 0) is 50.3 Å². The van der Waals surface area contributed by atoms with Crippen LogP contribution in [-0.2, 0) is 10.8 Å². The molecule has 0 bridgehead atoms. The van der Waals surface area contributed by atoms with Crippen LogP contribution in [0.4, 0.5) is 0 Å². The van der Waals surface area contributed by atoms with Gasteiger partial charge >= 0.3 is 0 Å². The molecular weight excluding hydrogens is 312 g/mol. The molecule has 0 atom stereocenters. The van der Waals surface area contributed by atoms with Crippen LogP contribution in [0.15, 0.2) is 72.8 Å². The van der Waals surface area contributed by atoms with Crippen molar-refractivity contribution in [1.82, 2.24) is 0 Å². The largest absolute Gasteiger partial charge is 0.0610 e. The van der Waals surface area contributed by atoms with Gasteiger partial charge in [-0.3, -0.25) is 0 Å². The van der Waals surface area contributed by atoms with E-state index in [4.69, 9.17) is 0 Å². The highest BCUT2D eigenvalue weighted by molar-refractivity contribution is 5.73. The Morgan fingerprint density at radius 3 is 1.08 bits per heavy atom. The maximum Gasteiger partial charge on any atom is -0.0132 e. The third-order valence-corrected chi connectivity index (χ3v) is 5.03. The SMILES string of the molecule is CC(C)(C)c1ccc(-c2cccc(-c3ccc(C(C)(C)C)cc3)c2)cc1. The molecule has 0 heterocycles. The zero-order chi connectivity index (χ0) is 18.9. The zero-order valence-electron chi connectivity index (χ0n) is 16.9. The summed E-state index contributed by atoms with van der Waals surface area (Å²) in [5, 5.41) is 0. The second-order valence-corrected chi connectivity index (χ2v) is 9.24. The zero-order valence-corrected chi connectivity index (χ0v) is 16.9. The molecule has 0 radical (unpaired) electrons. The van der Waals surface area contributed by atoms with Gasteiger partial charge in [0, 0.05) is 0 Å². The fourth-order valence-electron chi connectivity index (χ4n) is 3.20. The van der Waals surface area contributed by atoms with Crippen molar-refractivity contribution >= 4 is 0 Å². The highest BCUT2D eigenvalue weighted by atomic mass is 14.2. The second-order valence-electron chi connectivity index (χ2n) is 9.24. The monoisotopic (exact) mass is 342 g/mol. The Bertz CT molecular complexity index is 794. The van der Waals surface area contributed by atoms with Gasteiger partial charge in [-0.2, -0.15) is 0 Å². The van der Waals surface area contributed by atoms with Gasteiger partial charge in [0.15, 0.2) is 0 Å². The van der Waals surface area contributed by atoms with Crippen molar-refractivity contribution in [3.8, 4) is 22.3 Å². The first kappa shape index (κ1) is 18.5. The lowest BCUT2D eigenvalue weighted by Gasteiger charge is -2.19. The smallest absolute Gasteiger partial charge is 0.0132 e. The highest BCUT2D eigenvalue weighted by Crippen LogP contribution is 2.30. The summed E-state index contributed by atoms with van der Waals surface area (Å²) in [7, 11) is 0. The van der Waals surface area contributed by atoms with Crippen molar-refractivity contribution in [2.75, 3.05) is 0 Å². The molecule has 3 aromatic rings. The molecule has 0 nitrogen and oxygen atoms in total. The van der Waals surface area contributed by atoms with Crippen molar-refractivity contribution in [2.45, 2.75) is 52.4 Å². The summed E-state index contributed by atoms with van der Waals surface area (Å²) in [6.07, 6.45) is 0. The summed E-state index contributed by atoms with van der Waals surface area (Å²) in [4.78, 5) is 0. The van der Waals surface area contributed by atoms with E-state index in [1.807, 2.05) is 0 Å². The van der Waals surface area contributed by atoms with Crippen LogP contribution in [0.3, 0.4) is 0 Å². The van der Waals surface area contributed by atoms with Gasteiger partial charge in [-0.1, -0.05) is 108 Å². The van der Waals surface area contributed by atoms with Crippen molar-refractivity contribution in [3.05, 3.63) is 83.9 Å². The minimum Gasteiger partial charge on any atom is -0.0610 e. The minimum atomic E-state index is 0.190. The molecular formula is C26H30. The molecule has 26 heavy (non-hydrogen) atoms. The number of rotatable bonds is 2. The van der Waals surface area contributed by atoms with Crippen LogP contribution in [0.25, 0.3) is 22.3 Å². The Labute approximate surface area is 158 Å². The maximum atomic E-state index is 2.29. The van der Waals surface area contributed by atoms with Gasteiger partial charge in [0.1, 0.15) is 0 Å². The van der Waals surface area contributed by atoms with Crippen LogP contribution in [0, 0.1) is 0 Å². The van der Waals surface area contributed by atoms with E-state index in [0.717, 1.165) is 0 Å². The van der Waals surface area contributed by atoms with Gasteiger partial charge < -0.3 is 0 Å². The number of hydrogen-bond acceptors (Lipinski definition) is 0. The summed E-state index contributed by atoms with van der Waals surface area (Å²) in [6.45, 7) is 13.5. The summed E-state index contributed by atoms with van der Waals surface area (Å²) in [5.41, 5.74) is 8.19. The minimum absolute atomic E-state index is 0.190. The average Bonchev–Trinajstić information content (AvgIpc) is 2.61. The summed E-state index contributed by atoms with van der Waals surface area (Å²) in [5.74, 6) is 0. The molecule has 0 spiro atoms. The molecule has 134 valence electrons. The van der Waals surface area contributed by atoms with Gasteiger partial charge in [0.2, 0.25) is 0 Å². The van der Waals surface area contributed by atoms with Crippen molar-refractivity contribution in [2.24, 2.45) is 0 Å². The fraction of sp³-hybridized carbons (Fsp3) is 0.308. The highest BCUT2D eigenvalue weighted by Gasteiger charge is 2.14. The quantitative estimate of drug-likeness (QED) is 0.449. The first-order chi connectivity index (χ1) is 12.1. The van der Waals surface area contributed by atoms with E-state index >= 15 is 0 Å². The molecule has 3 rings (SSSR count). The molecule has 0 fully saturated rings. The molecule has 0 N–H and O–H groups in total. The predicted molar refractivity (Wildman–Crippen MR) is 115 cm³/mol. The summed E-state index contributed by atoms with van der Waals surface area (Å²) in [6, 6.07) is 26.8. The van der Waals surface area contributed by atoms with E-state index in [9.17, 15) is 0 Å². The normalized spacial score (nSPS) is 12.2. The molecule has 0 saturated heterocycles. The van der Waals surface area contributed by atoms with E-state index in [0.29, 0.717) is 0 Å². The van der Waals surface area contributed by atoms with E-state index < -0.39 is 0 Å². The van der Waals surface area contributed by atoms with Gasteiger partial charge in [0.25, 0.3) is 0 Å². The third kappa shape index (κ3) is 4.07. The molecule has 0 saturated carbocycles. The lowest BCUT2D eigenvalue weighted by atomic mass is 9.85. The van der Waals surface area contributed by atoms with Crippen LogP contribution in [-0.4, -0.2) is 0 Å². The fourth-order valence-corrected chi connectivity index (χ4v) is 3.20. The molecule has 0 aliphatic carbocycles. The lowest BCUT2D eigenvalue weighted by Crippen LogP contribution is -2.10. The average molecular weight is 343 g/mol. The Morgan fingerprint density at radius 1 is 0.423 bits per heavy atom. The van der Waals surface area contributed by atoms with E-state index in [1.165, 1.54) is 33.4 Å². The molecule has 0 amide bonds. The van der Waals surface area contributed by atoms with Crippen LogP contribution >= 0.6 is 0 Å². The van der Waals surface area contributed by atoms with Crippen molar-refractivity contribution < 1.29 is 0 Å². The molecule has 0 aromatic heterocycles. The second kappa shape index (κ2) is 6.76. The van der Waals surface area contributed by atoms with Crippen LogP contribution in [0.2, 0.25) is 0 Å². The van der Waals surface area contributed by atoms with Crippen LogP contribution in [0.5, 0.6) is 0 Å². The third-order valence-electron chi connectivity index (χ3n) is 5.03. The topological polar surface area (TPSA) is 0 Å². The predicted octanol–water partition coefficient (Wildman–Crippen LogP) is 7.62. The van der Waals surface area contributed by atoms with Crippen molar-refractivity contribution in [1.29, 1.82) is 0 Å². The molecule has 0 unspecified atom stereocenters. The number of hydrogen-bond donors (Lipinski definition) is 0. The van der Waals surface area contributed by atoms with Gasteiger partial charge in [-0.25, -0.2) is 0 Å². The standard InChI is InChI=1S/C26H30/c1-25(2,3)23-14-10-19(11-15-23)21-8-7-9-22(18-21)20-12-16-24(17-13-20)26(4,5)6/h7-18H,1-6H3. The van der Waals surface area contributed by atoms with E-state index in [-0.39, 0.29) is 10.8 Å². The molecule has 0 heteroatoms. The first-order valence-electron chi connectivity index (χ1n) is 9.46. The first-order valence-corrected chi connectivity index (χ1v) is 9.46. The summed E-state index contributed by atoms with van der Waals surface area (Å²) >= 11 is 0. The van der Waals surface area contributed by atoms with Gasteiger partial charge in [0.05, 0.1) is 0 Å². The Kier molecular flexibility index (Phi) is 4.80.